The molecule has 22 heavy (non-hydrogen) atoms. The van der Waals surface area contributed by atoms with E-state index in [1.165, 1.54) is 0 Å². The zero-order valence-electron chi connectivity index (χ0n) is 11.7. The van der Waals surface area contributed by atoms with Crippen molar-refractivity contribution in [3.05, 3.63) is 93.8 Å². The number of carbonyl (C=O) groups excluding carboxylic acids is 1. The van der Waals surface area contributed by atoms with Gasteiger partial charge in [-0.15, -0.1) is 0 Å². The molecule has 0 atom stereocenters. The molecule has 110 valence electrons. The number of nitrogens with zero attached hydrogens (tertiary/aromatic N) is 2. The van der Waals surface area contributed by atoms with Crippen molar-refractivity contribution in [2.24, 2.45) is 5.10 Å². The van der Waals surface area contributed by atoms with Crippen LogP contribution in [0.25, 0.3) is 0 Å². The first-order valence-corrected chi connectivity index (χ1v) is 6.48. The monoisotopic (exact) mass is 333 g/mol. The molecule has 4 nitrogen and oxygen atoms in total. The molecular weight excluding hydrogens is 318 g/mol. The van der Waals surface area contributed by atoms with Gasteiger partial charge in [-0.25, -0.2) is 5.43 Å². The average molecular weight is 333 g/mol. The molecule has 0 unspecified atom stereocenters. The summed E-state index contributed by atoms with van der Waals surface area (Å²) < 4.78 is 0. The van der Waals surface area contributed by atoms with Gasteiger partial charge in [0.05, 0.1) is 12.1 Å². The second kappa shape index (κ2) is 11.4. The normalized spacial score (nSPS) is 17.6. The summed E-state index contributed by atoms with van der Waals surface area (Å²) in [4.78, 5) is 15.4. The van der Waals surface area contributed by atoms with Crippen molar-refractivity contribution < 1.29 is 21.9 Å². The number of rotatable bonds is 3. The number of hydrogen-bond acceptors (Lipinski definition) is 3. The van der Waals surface area contributed by atoms with Crippen LogP contribution in [0.4, 0.5) is 0 Å². The number of aromatic nitrogens is 1. The summed E-state index contributed by atoms with van der Waals surface area (Å²) in [6.07, 6.45) is 22.0. The van der Waals surface area contributed by atoms with E-state index in [9.17, 15) is 4.79 Å². The van der Waals surface area contributed by atoms with E-state index in [0.29, 0.717) is 5.92 Å². The van der Waals surface area contributed by atoms with E-state index in [2.05, 4.69) is 15.5 Å². The van der Waals surface area contributed by atoms with Gasteiger partial charge in [-0.2, -0.15) is 5.10 Å². The van der Waals surface area contributed by atoms with Crippen LogP contribution in [0.3, 0.4) is 0 Å². The Labute approximate surface area is 143 Å². The van der Waals surface area contributed by atoms with Gasteiger partial charge in [0.2, 0.25) is 5.91 Å². The molecule has 0 aliphatic heterocycles. The molecule has 0 bridgehead atoms. The first-order valence-electron chi connectivity index (χ1n) is 6.48. The Morgan fingerprint density at radius 1 is 1.05 bits per heavy atom. The Bertz CT molecular complexity index is 433. The first-order chi connectivity index (χ1) is 10.4. The van der Waals surface area contributed by atoms with Gasteiger partial charge in [0, 0.05) is 18.0 Å². The van der Waals surface area contributed by atoms with Crippen LogP contribution in [0.1, 0.15) is 5.56 Å². The molecule has 2 aliphatic carbocycles. The second-order valence-corrected chi connectivity index (χ2v) is 4.12. The summed E-state index contributed by atoms with van der Waals surface area (Å²) in [5.41, 5.74) is 3.27. The van der Waals surface area contributed by atoms with Gasteiger partial charge in [-0.05, 0) is 63.9 Å². The van der Waals surface area contributed by atoms with E-state index in [-0.39, 0.29) is 23.0 Å². The fourth-order valence-electron chi connectivity index (χ4n) is 1.53. The summed E-state index contributed by atoms with van der Waals surface area (Å²) in [7, 11) is 0. The SMILES string of the molecule is O=C(N/N=C/c1cccnc1)[C]1[CH][CH][CH][CH]1.[CH]1[CH][CH][CH][CH]1.[Fe+2]. The van der Waals surface area contributed by atoms with Crippen LogP contribution in [0.15, 0.2) is 29.6 Å². The van der Waals surface area contributed by atoms with Gasteiger partial charge in [0.15, 0.2) is 0 Å². The van der Waals surface area contributed by atoms with E-state index in [1.807, 2.05) is 38.2 Å². The van der Waals surface area contributed by atoms with Crippen LogP contribution in [0, 0.1) is 63.7 Å². The molecule has 0 spiro atoms. The van der Waals surface area contributed by atoms with E-state index in [1.54, 1.807) is 50.4 Å². The van der Waals surface area contributed by atoms with Gasteiger partial charge in [0.25, 0.3) is 0 Å². The molecule has 1 N–H and O–H groups in total. The average Bonchev–Trinajstić information content (AvgIpc) is 3.24. The van der Waals surface area contributed by atoms with Crippen molar-refractivity contribution in [1.82, 2.24) is 10.4 Å². The second-order valence-electron chi connectivity index (χ2n) is 4.12. The van der Waals surface area contributed by atoms with Gasteiger partial charge < -0.3 is 0 Å². The van der Waals surface area contributed by atoms with E-state index < -0.39 is 0 Å². The third-order valence-corrected chi connectivity index (χ3v) is 2.54. The number of hydrazone groups is 1. The third kappa shape index (κ3) is 7.19. The Morgan fingerprint density at radius 3 is 2.23 bits per heavy atom. The van der Waals surface area contributed by atoms with Gasteiger partial charge in [-0.3, -0.25) is 9.78 Å². The summed E-state index contributed by atoms with van der Waals surface area (Å²) in [5, 5.41) is 3.83. The van der Waals surface area contributed by atoms with Crippen LogP contribution in [-0.4, -0.2) is 17.1 Å². The predicted molar refractivity (Wildman–Crippen MR) is 81.9 cm³/mol. The Hall–Kier alpha value is -1.19. The molecule has 0 saturated heterocycles. The molecule has 0 aromatic carbocycles. The van der Waals surface area contributed by atoms with Crippen LogP contribution in [0.5, 0.6) is 0 Å². The van der Waals surface area contributed by atoms with Gasteiger partial charge >= 0.3 is 17.1 Å². The van der Waals surface area contributed by atoms with Crippen LogP contribution in [0.2, 0.25) is 0 Å². The molecule has 2 saturated carbocycles. The Kier molecular flexibility index (Phi) is 9.76. The molecule has 5 heteroatoms. The first kappa shape index (κ1) is 18.9. The maximum atomic E-state index is 11.5. The molecule has 2 fully saturated rings. The van der Waals surface area contributed by atoms with E-state index in [4.69, 9.17) is 0 Å². The zero-order valence-corrected chi connectivity index (χ0v) is 12.8. The molecule has 10 radical (unpaired) electrons. The number of hydrogen-bond donors (Lipinski definition) is 1. The van der Waals surface area contributed by atoms with E-state index in [0.717, 1.165) is 5.56 Å². The summed E-state index contributed by atoms with van der Waals surface area (Å²) in [6.45, 7) is 0. The maximum Gasteiger partial charge on any atom is 2.00 e. The van der Waals surface area contributed by atoms with Crippen LogP contribution < -0.4 is 5.43 Å². The zero-order chi connectivity index (χ0) is 14.8. The largest absolute Gasteiger partial charge is 2.00 e. The molecule has 1 amide bonds. The topological polar surface area (TPSA) is 54.4 Å². The Balaban J connectivity index is 0.000000344. The number of amides is 1. The minimum absolute atomic E-state index is 0. The maximum absolute atomic E-state index is 11.5. The molecule has 1 heterocycles. The Morgan fingerprint density at radius 2 is 1.68 bits per heavy atom. The quantitative estimate of drug-likeness (QED) is 0.522. The van der Waals surface area contributed by atoms with Crippen molar-refractivity contribution in [1.29, 1.82) is 0 Å². The van der Waals surface area contributed by atoms with Crippen LogP contribution >= 0.6 is 0 Å². The van der Waals surface area contributed by atoms with Crippen molar-refractivity contribution in [3.8, 4) is 0 Å². The fourth-order valence-corrected chi connectivity index (χ4v) is 1.53. The molecule has 1 aromatic rings. The van der Waals surface area contributed by atoms with Crippen molar-refractivity contribution in [2.45, 2.75) is 0 Å². The molecule has 3 rings (SSSR count). The van der Waals surface area contributed by atoms with Crippen molar-refractivity contribution in [2.75, 3.05) is 0 Å². The smallest absolute Gasteiger partial charge is 0.272 e. The minimum Gasteiger partial charge on any atom is -0.272 e. The molecule has 2 aliphatic rings. The predicted octanol–water partition coefficient (Wildman–Crippen LogP) is 1.96. The molecule has 1 aromatic heterocycles. The summed E-state index contributed by atoms with van der Waals surface area (Å²) in [5.74, 6) is 0.383. The van der Waals surface area contributed by atoms with Crippen molar-refractivity contribution in [3.63, 3.8) is 0 Å². The standard InChI is InChI=1S/C12H10N3O.C5H5.Fe/c16-12(11-5-1-2-6-11)15-14-9-10-4-3-7-13-8-10;1-2-4-5-3-1;/h1-9H,(H,15,16);1-5H;/q;;+2/b14-9+;;. The number of pyridine rings is 1. The van der Waals surface area contributed by atoms with Gasteiger partial charge in [-0.1, -0.05) is 6.07 Å². The molecular formula is C17H15FeN3O+2. The van der Waals surface area contributed by atoms with Crippen molar-refractivity contribution >= 4 is 12.1 Å². The fraction of sp³-hybridized carbons (Fsp3) is 0. The third-order valence-electron chi connectivity index (χ3n) is 2.54. The van der Waals surface area contributed by atoms with E-state index >= 15 is 0 Å². The van der Waals surface area contributed by atoms with Crippen LogP contribution in [-0.2, 0) is 21.9 Å². The number of carbonyl (C=O) groups is 1. The number of nitrogens with one attached hydrogen (secondary N) is 1. The summed E-state index contributed by atoms with van der Waals surface area (Å²) >= 11 is 0. The summed E-state index contributed by atoms with van der Waals surface area (Å²) in [6, 6.07) is 3.66. The van der Waals surface area contributed by atoms with Gasteiger partial charge in [0.1, 0.15) is 0 Å². The minimum atomic E-state index is -0.217.